The van der Waals surface area contributed by atoms with Gasteiger partial charge in [0.15, 0.2) is 23.6 Å². The lowest BCUT2D eigenvalue weighted by Crippen LogP contribution is -2.66. The van der Waals surface area contributed by atoms with E-state index in [2.05, 4.69) is 0 Å². The molecule has 1 amide bonds. The highest BCUT2D eigenvalue weighted by molar-refractivity contribution is 7.12. The summed E-state index contributed by atoms with van der Waals surface area (Å²) in [5.74, 6) is -4.81. The molecule has 0 unspecified atom stereocenters. The molecule has 1 aromatic heterocycles. The highest BCUT2D eigenvalue weighted by Crippen LogP contribution is 2.36. The zero-order chi connectivity index (χ0) is 26.2. The Morgan fingerprint density at radius 2 is 1.73 bits per heavy atom. The zero-order valence-electron chi connectivity index (χ0n) is 19.8. The summed E-state index contributed by atoms with van der Waals surface area (Å²) in [6.07, 6.45) is 0.315. The van der Waals surface area contributed by atoms with Crippen LogP contribution in [0, 0.1) is 29.2 Å². The molecule has 10 heteroatoms. The van der Waals surface area contributed by atoms with E-state index in [0.717, 1.165) is 49.0 Å². The van der Waals surface area contributed by atoms with Crippen LogP contribution in [-0.2, 0) is 11.3 Å². The summed E-state index contributed by atoms with van der Waals surface area (Å²) in [5.41, 5.74) is 0.116. The number of benzene rings is 2. The van der Waals surface area contributed by atoms with Gasteiger partial charge in [-0.1, -0.05) is 12.1 Å². The fourth-order valence-electron chi connectivity index (χ4n) is 5.38. The van der Waals surface area contributed by atoms with Crippen molar-refractivity contribution in [1.82, 2.24) is 0 Å². The van der Waals surface area contributed by atoms with E-state index in [9.17, 15) is 27.2 Å². The fourth-order valence-corrected chi connectivity index (χ4v) is 6.03. The lowest BCUT2D eigenvalue weighted by Gasteiger charge is -2.51. The minimum atomic E-state index is -1.61. The molecule has 3 saturated heterocycles. The number of fused-ring (bicyclic) bond motifs is 3. The Bertz CT molecular complexity index is 1290. The van der Waals surface area contributed by atoms with Crippen LogP contribution >= 0.6 is 11.3 Å². The summed E-state index contributed by atoms with van der Waals surface area (Å²) in [4.78, 5) is 28.0. The Labute approximate surface area is 215 Å². The molecule has 0 saturated carbocycles. The van der Waals surface area contributed by atoms with E-state index in [1.807, 2.05) is 11.4 Å². The monoisotopic (exact) mass is 533 g/mol. The summed E-state index contributed by atoms with van der Waals surface area (Å²) in [7, 11) is 0. The number of hydrogen-bond donors (Lipinski definition) is 0. The molecule has 194 valence electrons. The number of rotatable bonds is 7. The van der Waals surface area contributed by atoms with Gasteiger partial charge in [-0.15, -0.1) is 11.3 Å². The number of thiophene rings is 1. The van der Waals surface area contributed by atoms with E-state index in [1.54, 1.807) is 6.07 Å². The summed E-state index contributed by atoms with van der Waals surface area (Å²) in [5, 5.41) is 1.86. The molecule has 2 bridgehead atoms. The third-order valence-corrected chi connectivity index (χ3v) is 8.20. The summed E-state index contributed by atoms with van der Waals surface area (Å²) in [6.45, 7) is 2.08. The highest BCUT2D eigenvalue weighted by atomic mass is 32.1. The number of nitrogens with zero attached hydrogens (tertiary/aromatic N) is 2. The number of halogens is 4. The average molecular weight is 534 g/mol. The minimum Gasteiger partial charge on any atom is -0.440 e. The van der Waals surface area contributed by atoms with Crippen LogP contribution in [0.2, 0.25) is 0 Å². The van der Waals surface area contributed by atoms with E-state index in [4.69, 9.17) is 4.74 Å². The third kappa shape index (κ3) is 5.40. The first-order valence-electron chi connectivity index (χ1n) is 12.0. The Kier molecular flexibility index (Phi) is 7.04. The first-order chi connectivity index (χ1) is 17.7. The third-order valence-electron chi connectivity index (χ3n) is 7.29. The lowest BCUT2D eigenvalue weighted by molar-refractivity contribution is -0.938. The van der Waals surface area contributed by atoms with Gasteiger partial charge in [0, 0.05) is 18.8 Å². The number of ketones is 1. The van der Waals surface area contributed by atoms with Gasteiger partial charge in [0.1, 0.15) is 18.9 Å². The number of ether oxygens (including phenoxy) is 1. The van der Waals surface area contributed by atoms with Gasteiger partial charge in [0.05, 0.1) is 30.2 Å². The molecular formula is C27H25F4N2O3S+. The maximum absolute atomic E-state index is 14.0. The number of Topliss-reactive ketones (excluding diaryl/α,β-unsaturated/α-hetero) is 1. The van der Waals surface area contributed by atoms with Crippen LogP contribution in [0.3, 0.4) is 0 Å². The molecule has 0 N–H and O–H groups in total. The minimum absolute atomic E-state index is 0.0171. The van der Waals surface area contributed by atoms with Crippen LogP contribution in [0.5, 0.6) is 0 Å². The van der Waals surface area contributed by atoms with Crippen LogP contribution in [-0.4, -0.2) is 48.6 Å². The molecule has 6 rings (SSSR count). The number of hydrogen-bond acceptors (Lipinski definition) is 4. The maximum atomic E-state index is 14.0. The number of anilines is 1. The van der Waals surface area contributed by atoms with Crippen LogP contribution in [0.1, 0.15) is 28.1 Å². The highest BCUT2D eigenvalue weighted by Gasteiger charge is 2.49. The van der Waals surface area contributed by atoms with Gasteiger partial charge < -0.3 is 9.22 Å². The molecule has 0 aliphatic carbocycles. The van der Waals surface area contributed by atoms with Crippen molar-refractivity contribution < 1.29 is 36.4 Å². The molecule has 3 aliphatic rings. The van der Waals surface area contributed by atoms with Crippen LogP contribution in [0.25, 0.3) is 0 Å². The first-order valence-corrected chi connectivity index (χ1v) is 12.9. The topological polar surface area (TPSA) is 46.6 Å². The molecule has 37 heavy (non-hydrogen) atoms. The molecule has 0 spiro atoms. The number of amides is 1. The quantitative estimate of drug-likeness (QED) is 0.164. The van der Waals surface area contributed by atoms with Crippen molar-refractivity contribution in [3.63, 3.8) is 0 Å². The second-order valence-electron chi connectivity index (χ2n) is 9.73. The molecule has 2 aromatic carbocycles. The predicted octanol–water partition coefficient (Wildman–Crippen LogP) is 5.94. The largest absolute Gasteiger partial charge is 0.440 e. The number of quaternary nitrogens is 1. The maximum Gasteiger partial charge on any atom is 0.415 e. The average Bonchev–Trinajstić information content (AvgIpc) is 3.41. The summed E-state index contributed by atoms with van der Waals surface area (Å²) in [6, 6.07) is 10.4. The Morgan fingerprint density at radius 1 is 1.00 bits per heavy atom. The smallest absolute Gasteiger partial charge is 0.415 e. The van der Waals surface area contributed by atoms with E-state index in [0.29, 0.717) is 22.4 Å². The van der Waals surface area contributed by atoms with Gasteiger partial charge in [-0.3, -0.25) is 9.69 Å². The molecular weight excluding hydrogens is 508 g/mol. The van der Waals surface area contributed by atoms with Crippen molar-refractivity contribution in [2.45, 2.75) is 25.5 Å². The van der Waals surface area contributed by atoms with Gasteiger partial charge in [-0.25, -0.2) is 22.4 Å². The van der Waals surface area contributed by atoms with Crippen LogP contribution < -0.4 is 4.90 Å². The van der Waals surface area contributed by atoms with Crippen molar-refractivity contribution in [3.05, 3.63) is 87.6 Å². The second-order valence-corrected chi connectivity index (χ2v) is 10.7. The van der Waals surface area contributed by atoms with Gasteiger partial charge >= 0.3 is 6.09 Å². The number of piperidine rings is 3. The van der Waals surface area contributed by atoms with Crippen molar-refractivity contribution in [1.29, 1.82) is 0 Å². The first kappa shape index (κ1) is 25.4. The van der Waals surface area contributed by atoms with Crippen molar-refractivity contribution >= 4 is 28.9 Å². The zero-order valence-corrected chi connectivity index (χ0v) is 20.7. The standard InChI is InChI=1S/C27H25F4N2O3S/c28-19-3-1-4-20(13-19)32(14-17-11-21(29)26(31)22(30)12-17)27(35)36-24-16-33(8-6-18(24)7-9-33)15-23(34)25-5-2-10-37-25/h1-5,10-13,18,24H,6-9,14-16H2/q+1/t18?,24-,33?/m0/s1. The Balaban J connectivity index is 1.36. The molecule has 4 heterocycles. The van der Waals surface area contributed by atoms with Gasteiger partial charge in [-0.05, 0) is 47.3 Å². The SMILES string of the molecule is O=C(C[N+]12CCC(CC1)[C@@H](OC(=O)N(Cc1cc(F)c(F)c(F)c1)c1cccc(F)c1)C2)c1cccs1. The van der Waals surface area contributed by atoms with Crippen LogP contribution in [0.15, 0.2) is 53.9 Å². The van der Waals surface area contributed by atoms with Gasteiger partial charge in [0.25, 0.3) is 0 Å². The predicted molar refractivity (Wildman–Crippen MR) is 130 cm³/mol. The van der Waals surface area contributed by atoms with E-state index in [-0.39, 0.29) is 29.5 Å². The summed E-state index contributed by atoms with van der Waals surface area (Å²) >= 11 is 1.40. The molecule has 5 nitrogen and oxygen atoms in total. The second kappa shape index (κ2) is 10.3. The van der Waals surface area contributed by atoms with Crippen LogP contribution in [0.4, 0.5) is 28.0 Å². The molecule has 1 atom stereocenters. The molecule has 0 radical (unpaired) electrons. The van der Waals surface area contributed by atoms with Gasteiger partial charge in [-0.2, -0.15) is 0 Å². The normalized spacial score (nSPS) is 22.6. The van der Waals surface area contributed by atoms with Crippen molar-refractivity contribution in [2.24, 2.45) is 5.92 Å². The van der Waals surface area contributed by atoms with E-state index in [1.165, 1.54) is 29.5 Å². The fraction of sp³-hybridized carbons (Fsp3) is 0.333. The molecule has 3 aliphatic heterocycles. The molecule has 3 fully saturated rings. The van der Waals surface area contributed by atoms with Gasteiger partial charge in [0.2, 0.25) is 5.78 Å². The van der Waals surface area contributed by atoms with E-state index >= 15 is 0 Å². The van der Waals surface area contributed by atoms with Crippen molar-refractivity contribution in [2.75, 3.05) is 31.1 Å². The Hall–Kier alpha value is -3.24. The number of carbonyl (C=O) groups excluding carboxylic acids is 2. The van der Waals surface area contributed by atoms with Crippen molar-refractivity contribution in [3.8, 4) is 0 Å². The number of carbonyl (C=O) groups is 2. The van der Waals surface area contributed by atoms with E-state index < -0.39 is 35.5 Å². The lowest BCUT2D eigenvalue weighted by atomic mass is 9.83. The Morgan fingerprint density at radius 3 is 2.38 bits per heavy atom. The summed E-state index contributed by atoms with van der Waals surface area (Å²) < 4.78 is 61.6. The molecule has 3 aromatic rings.